The smallest absolute Gasteiger partial charge is 0.280 e. The number of fused-ring (bicyclic) bond motifs is 1. The monoisotopic (exact) mass is 285 g/mol. The minimum Gasteiger partial charge on any atom is -0.412 e. The molecule has 7 N–H and O–H groups in total. The minimum absolute atomic E-state index is 0. The third kappa shape index (κ3) is 2.14. The molecule has 1 saturated heterocycles. The molecule has 3 atom stereocenters. The average Bonchev–Trinajstić information content (AvgIpc) is 2.92. The Morgan fingerprint density at radius 1 is 1.60 bits per heavy atom. The van der Waals surface area contributed by atoms with E-state index in [1.165, 1.54) is 10.9 Å². The van der Waals surface area contributed by atoms with Crippen molar-refractivity contribution in [2.24, 2.45) is 0 Å². The van der Waals surface area contributed by atoms with Crippen molar-refractivity contribution in [1.29, 1.82) is 0 Å². The van der Waals surface area contributed by atoms with Crippen LogP contribution in [0.1, 0.15) is 12.6 Å². The van der Waals surface area contributed by atoms with Crippen LogP contribution >= 0.6 is 0 Å². The first-order chi connectivity index (χ1) is 9.10. The molecule has 0 unspecified atom stereocenters. The van der Waals surface area contributed by atoms with Gasteiger partial charge in [-0.3, -0.25) is 14.3 Å². The Labute approximate surface area is 112 Å². The fourth-order valence-corrected chi connectivity index (χ4v) is 2.20. The number of nitrogen functional groups attached to an aromatic ring is 1. The molecular formula is C10H15N5O5. The molecule has 20 heavy (non-hydrogen) atoms. The molecule has 3 rings (SSSR count). The number of aromatic amines is 1. The molecule has 10 nitrogen and oxygen atoms in total. The number of aromatic nitrogens is 4. The molecule has 1 aliphatic rings. The van der Waals surface area contributed by atoms with Gasteiger partial charge in [0.25, 0.3) is 5.56 Å². The van der Waals surface area contributed by atoms with Crippen molar-refractivity contribution in [2.45, 2.75) is 24.9 Å². The van der Waals surface area contributed by atoms with Crippen LogP contribution in [-0.4, -0.2) is 54.0 Å². The molecule has 1 aliphatic heterocycles. The van der Waals surface area contributed by atoms with Crippen molar-refractivity contribution < 1.29 is 20.4 Å². The van der Waals surface area contributed by atoms with Crippen molar-refractivity contribution in [3.63, 3.8) is 0 Å². The fraction of sp³-hybridized carbons (Fsp3) is 0.500. The number of H-pyrrole nitrogens is 1. The molecule has 2 aromatic rings. The lowest BCUT2D eigenvalue weighted by Crippen LogP contribution is -2.24. The molecule has 0 radical (unpaired) electrons. The third-order valence-corrected chi connectivity index (χ3v) is 3.15. The van der Waals surface area contributed by atoms with Crippen molar-refractivity contribution in [2.75, 3.05) is 12.3 Å². The summed E-state index contributed by atoms with van der Waals surface area (Å²) in [6.07, 6.45) is -0.270. The van der Waals surface area contributed by atoms with E-state index < -0.39 is 24.0 Å². The molecule has 3 heterocycles. The van der Waals surface area contributed by atoms with E-state index in [1.54, 1.807) is 0 Å². The van der Waals surface area contributed by atoms with Gasteiger partial charge in [-0.2, -0.15) is 4.98 Å². The number of nitrogens with two attached hydrogens (primary N) is 1. The maximum Gasteiger partial charge on any atom is 0.280 e. The molecule has 0 amide bonds. The second-order valence-electron chi connectivity index (χ2n) is 4.39. The van der Waals surface area contributed by atoms with Crippen molar-refractivity contribution in [3.05, 3.63) is 16.7 Å². The van der Waals surface area contributed by atoms with Crippen molar-refractivity contribution in [3.8, 4) is 0 Å². The Kier molecular flexibility index (Phi) is 3.72. The quantitative estimate of drug-likeness (QED) is 0.473. The summed E-state index contributed by atoms with van der Waals surface area (Å²) in [5.41, 5.74) is 5.50. The standard InChI is InChI=1S/C10H13N5O4.H2O/c11-10-13-8-7(9(18)14-10)12-3-15(8)6-1-4(17)5(2-16)19-6;/h3-6,16-17H,1-2H2,(H3,11,13,14,18);1H2/t4-,5-,6-;/m0./s1. The van der Waals surface area contributed by atoms with Gasteiger partial charge in [0.15, 0.2) is 11.2 Å². The zero-order valence-electron chi connectivity index (χ0n) is 10.4. The van der Waals surface area contributed by atoms with Crippen LogP contribution in [0.25, 0.3) is 11.2 Å². The van der Waals surface area contributed by atoms with Gasteiger partial charge in [-0.15, -0.1) is 0 Å². The van der Waals surface area contributed by atoms with E-state index in [0.29, 0.717) is 0 Å². The largest absolute Gasteiger partial charge is 0.412 e. The molecular weight excluding hydrogens is 270 g/mol. The number of hydrogen-bond donors (Lipinski definition) is 4. The summed E-state index contributed by atoms with van der Waals surface area (Å²) in [5.74, 6) is -0.0171. The van der Waals surface area contributed by atoms with Gasteiger partial charge >= 0.3 is 0 Å². The highest BCUT2D eigenvalue weighted by molar-refractivity contribution is 5.70. The van der Waals surface area contributed by atoms with Gasteiger partial charge in [0.1, 0.15) is 12.3 Å². The first-order valence-electron chi connectivity index (χ1n) is 5.77. The molecule has 0 aliphatic carbocycles. The van der Waals surface area contributed by atoms with Crippen molar-refractivity contribution in [1.82, 2.24) is 19.5 Å². The summed E-state index contributed by atoms with van der Waals surface area (Å²) in [4.78, 5) is 22.0. The second kappa shape index (κ2) is 5.17. The van der Waals surface area contributed by atoms with Crippen LogP contribution < -0.4 is 11.3 Å². The van der Waals surface area contributed by atoms with Crippen LogP contribution in [0, 0.1) is 0 Å². The number of imidazole rings is 1. The highest BCUT2D eigenvalue weighted by Gasteiger charge is 2.35. The lowest BCUT2D eigenvalue weighted by molar-refractivity contribution is -0.0432. The van der Waals surface area contributed by atoms with Crippen LogP contribution in [0.3, 0.4) is 0 Å². The van der Waals surface area contributed by atoms with Gasteiger partial charge in [0, 0.05) is 6.42 Å². The van der Waals surface area contributed by atoms with Gasteiger partial charge in [-0.25, -0.2) is 4.98 Å². The van der Waals surface area contributed by atoms with Crippen LogP contribution in [0.2, 0.25) is 0 Å². The molecule has 110 valence electrons. The van der Waals surface area contributed by atoms with Gasteiger partial charge in [0.05, 0.1) is 19.0 Å². The van der Waals surface area contributed by atoms with E-state index in [2.05, 4.69) is 15.0 Å². The van der Waals surface area contributed by atoms with Gasteiger partial charge < -0.3 is 26.2 Å². The lowest BCUT2D eigenvalue weighted by atomic mass is 10.2. The summed E-state index contributed by atoms with van der Waals surface area (Å²) in [6.45, 7) is -0.277. The first-order valence-corrected chi connectivity index (χ1v) is 5.77. The number of anilines is 1. The lowest BCUT2D eigenvalue weighted by Gasteiger charge is -2.13. The van der Waals surface area contributed by atoms with E-state index in [-0.39, 0.29) is 35.6 Å². The summed E-state index contributed by atoms with van der Waals surface area (Å²) >= 11 is 0. The van der Waals surface area contributed by atoms with E-state index in [9.17, 15) is 9.90 Å². The Morgan fingerprint density at radius 3 is 3.00 bits per heavy atom. The molecule has 1 fully saturated rings. The fourth-order valence-electron chi connectivity index (χ4n) is 2.20. The maximum absolute atomic E-state index is 11.6. The highest BCUT2D eigenvalue weighted by Crippen LogP contribution is 2.30. The number of hydrogen-bond acceptors (Lipinski definition) is 7. The maximum atomic E-state index is 11.6. The normalized spacial score (nSPS) is 25.8. The number of rotatable bonds is 2. The van der Waals surface area contributed by atoms with E-state index in [4.69, 9.17) is 15.6 Å². The topological polar surface area (TPSA) is 171 Å². The highest BCUT2D eigenvalue weighted by atomic mass is 16.5. The predicted octanol–water partition coefficient (Wildman–Crippen LogP) is -2.48. The van der Waals surface area contributed by atoms with Crippen LogP contribution in [0.4, 0.5) is 5.95 Å². The molecule has 0 spiro atoms. The summed E-state index contributed by atoms with van der Waals surface area (Å²) in [5, 5.41) is 18.8. The average molecular weight is 285 g/mol. The Bertz CT molecular complexity index is 668. The zero-order valence-corrected chi connectivity index (χ0v) is 10.4. The number of nitrogens with one attached hydrogen (secondary N) is 1. The minimum atomic E-state index is -0.771. The first kappa shape index (κ1) is 14.4. The molecule has 2 aromatic heterocycles. The van der Waals surface area contributed by atoms with Gasteiger partial charge in [-0.05, 0) is 0 Å². The molecule has 10 heteroatoms. The molecule has 0 aromatic carbocycles. The Hall–Kier alpha value is -2.01. The van der Waals surface area contributed by atoms with Gasteiger partial charge in [-0.1, -0.05) is 0 Å². The van der Waals surface area contributed by atoms with E-state index in [1.807, 2.05) is 0 Å². The van der Waals surface area contributed by atoms with Crippen molar-refractivity contribution >= 4 is 17.1 Å². The second-order valence-corrected chi connectivity index (χ2v) is 4.39. The third-order valence-electron chi connectivity index (χ3n) is 3.15. The summed E-state index contributed by atoms with van der Waals surface area (Å²) in [7, 11) is 0. The number of aliphatic hydroxyl groups is 2. The summed E-state index contributed by atoms with van der Waals surface area (Å²) < 4.78 is 7.01. The summed E-state index contributed by atoms with van der Waals surface area (Å²) in [6, 6.07) is 0. The molecule has 0 bridgehead atoms. The number of nitrogens with zero attached hydrogens (tertiary/aromatic N) is 3. The van der Waals surface area contributed by atoms with Crippen LogP contribution in [0.5, 0.6) is 0 Å². The predicted molar refractivity (Wildman–Crippen MR) is 67.8 cm³/mol. The van der Waals surface area contributed by atoms with Crippen LogP contribution in [0.15, 0.2) is 11.1 Å². The van der Waals surface area contributed by atoms with Crippen LogP contribution in [-0.2, 0) is 4.74 Å². The Morgan fingerprint density at radius 2 is 2.35 bits per heavy atom. The Balaban J connectivity index is 0.00000147. The number of aliphatic hydroxyl groups excluding tert-OH is 2. The zero-order chi connectivity index (χ0) is 13.6. The number of ether oxygens (including phenoxy) is 1. The van der Waals surface area contributed by atoms with E-state index in [0.717, 1.165) is 0 Å². The van der Waals surface area contributed by atoms with Gasteiger partial charge in [0.2, 0.25) is 5.95 Å². The molecule has 0 saturated carbocycles. The SMILES string of the molecule is Nc1nc2c(ncn2[C@@H]2C[C@H](O)[C@H](CO)O2)c(=O)[nH]1.O. The van der Waals surface area contributed by atoms with E-state index >= 15 is 0 Å².